The third-order valence-corrected chi connectivity index (χ3v) is 3.03. The summed E-state index contributed by atoms with van der Waals surface area (Å²) in [7, 11) is 0. The second kappa shape index (κ2) is 6.14. The third-order valence-electron chi connectivity index (χ3n) is 2.78. The van der Waals surface area contributed by atoms with Crippen LogP contribution >= 0.6 is 11.6 Å². The van der Waals surface area contributed by atoms with Gasteiger partial charge in [0.05, 0.1) is 6.10 Å². The van der Waals surface area contributed by atoms with E-state index in [9.17, 15) is 5.11 Å². The number of aliphatic hydroxyl groups is 1. The molecule has 1 N–H and O–H groups in total. The fourth-order valence-corrected chi connectivity index (χ4v) is 2.01. The lowest BCUT2D eigenvalue weighted by molar-refractivity contribution is 0.134. The summed E-state index contributed by atoms with van der Waals surface area (Å²) in [6.45, 7) is 4.16. The Morgan fingerprint density at radius 3 is 2.27 bits per heavy atom. The number of hydrogen-bond acceptors (Lipinski definition) is 1. The van der Waals surface area contributed by atoms with Crippen molar-refractivity contribution in [3.8, 4) is 0 Å². The molecule has 0 saturated carbocycles. The van der Waals surface area contributed by atoms with Crippen molar-refractivity contribution in [2.75, 3.05) is 0 Å². The van der Waals surface area contributed by atoms with Crippen molar-refractivity contribution in [2.45, 2.75) is 45.1 Å². The second-order valence-electron chi connectivity index (χ2n) is 3.92. The van der Waals surface area contributed by atoms with E-state index in [1.54, 1.807) is 0 Å². The Labute approximate surface area is 97.1 Å². The molecule has 0 aliphatic heterocycles. The summed E-state index contributed by atoms with van der Waals surface area (Å²) in [5.41, 5.74) is 1.19. The Balaban J connectivity index is 2.83. The molecule has 0 aliphatic carbocycles. The molecule has 0 aliphatic rings. The normalized spacial score (nSPS) is 14.9. The minimum absolute atomic E-state index is 0.244. The van der Waals surface area contributed by atoms with Gasteiger partial charge in [-0.2, -0.15) is 0 Å². The first-order chi connectivity index (χ1) is 7.19. The molecule has 1 aromatic carbocycles. The molecule has 0 bridgehead atoms. The first kappa shape index (κ1) is 12.5. The van der Waals surface area contributed by atoms with E-state index < -0.39 is 0 Å². The molecule has 0 aromatic heterocycles. The molecular formula is C13H19ClO. The quantitative estimate of drug-likeness (QED) is 0.805. The van der Waals surface area contributed by atoms with Crippen molar-refractivity contribution < 1.29 is 5.11 Å². The lowest BCUT2D eigenvalue weighted by Gasteiger charge is -2.21. The van der Waals surface area contributed by atoms with E-state index in [2.05, 4.69) is 6.92 Å². The van der Waals surface area contributed by atoms with Gasteiger partial charge >= 0.3 is 0 Å². The lowest BCUT2D eigenvalue weighted by atomic mass is 9.88. The summed E-state index contributed by atoms with van der Waals surface area (Å²) in [5.74, 6) is 0.247. The Morgan fingerprint density at radius 2 is 1.80 bits per heavy atom. The Morgan fingerprint density at radius 1 is 1.20 bits per heavy atom. The highest BCUT2D eigenvalue weighted by Crippen LogP contribution is 2.27. The highest BCUT2D eigenvalue weighted by Gasteiger charge is 2.18. The van der Waals surface area contributed by atoms with Gasteiger partial charge in [0.15, 0.2) is 0 Å². The summed E-state index contributed by atoms with van der Waals surface area (Å²) >= 11 is 5.84. The predicted molar refractivity (Wildman–Crippen MR) is 65.4 cm³/mol. The molecule has 15 heavy (non-hydrogen) atoms. The highest BCUT2D eigenvalue weighted by atomic mass is 35.5. The van der Waals surface area contributed by atoms with Gasteiger partial charge in [0.1, 0.15) is 0 Å². The Kier molecular flexibility index (Phi) is 5.13. The van der Waals surface area contributed by atoms with Crippen LogP contribution in [0.25, 0.3) is 0 Å². The van der Waals surface area contributed by atoms with Gasteiger partial charge in [0.25, 0.3) is 0 Å². The summed E-state index contributed by atoms with van der Waals surface area (Å²) in [6.07, 6.45) is 2.67. The standard InChI is InChI=1S/C13H19ClO/c1-3-5-12(13(15)4-2)10-6-8-11(14)9-7-10/h6-9,12-13,15H,3-5H2,1-2H3. The average Bonchev–Trinajstić information content (AvgIpc) is 2.26. The molecule has 1 nitrogen and oxygen atoms in total. The van der Waals surface area contributed by atoms with E-state index in [1.165, 1.54) is 5.56 Å². The molecule has 84 valence electrons. The van der Waals surface area contributed by atoms with E-state index in [-0.39, 0.29) is 12.0 Å². The van der Waals surface area contributed by atoms with E-state index in [4.69, 9.17) is 11.6 Å². The van der Waals surface area contributed by atoms with Crippen molar-refractivity contribution >= 4 is 11.6 Å². The van der Waals surface area contributed by atoms with Gasteiger partial charge in [-0.05, 0) is 30.5 Å². The molecule has 0 spiro atoms. The van der Waals surface area contributed by atoms with Crippen molar-refractivity contribution in [1.29, 1.82) is 0 Å². The zero-order chi connectivity index (χ0) is 11.3. The Hall–Kier alpha value is -0.530. The Bertz CT molecular complexity index is 281. The smallest absolute Gasteiger partial charge is 0.0606 e. The van der Waals surface area contributed by atoms with Crippen LogP contribution in [0.5, 0.6) is 0 Å². The third kappa shape index (κ3) is 3.51. The molecule has 2 heteroatoms. The summed E-state index contributed by atoms with van der Waals surface area (Å²) < 4.78 is 0. The molecule has 2 atom stereocenters. The van der Waals surface area contributed by atoms with E-state index in [1.807, 2.05) is 31.2 Å². The molecular weight excluding hydrogens is 208 g/mol. The number of rotatable bonds is 5. The van der Waals surface area contributed by atoms with Crippen LogP contribution in [0.1, 0.15) is 44.6 Å². The minimum Gasteiger partial charge on any atom is -0.393 e. The fraction of sp³-hybridized carbons (Fsp3) is 0.538. The fourth-order valence-electron chi connectivity index (χ4n) is 1.89. The predicted octanol–water partition coefficient (Wildman–Crippen LogP) is 3.99. The number of hydrogen-bond donors (Lipinski definition) is 1. The molecule has 0 saturated heterocycles. The summed E-state index contributed by atoms with van der Waals surface area (Å²) in [5, 5.41) is 10.7. The van der Waals surface area contributed by atoms with Crippen LogP contribution < -0.4 is 0 Å². The van der Waals surface area contributed by atoms with E-state index in [0.29, 0.717) is 0 Å². The van der Waals surface area contributed by atoms with E-state index >= 15 is 0 Å². The van der Waals surface area contributed by atoms with Crippen LogP contribution in [0, 0.1) is 0 Å². The van der Waals surface area contributed by atoms with E-state index in [0.717, 1.165) is 24.3 Å². The number of aliphatic hydroxyl groups excluding tert-OH is 1. The molecule has 0 amide bonds. The zero-order valence-electron chi connectivity index (χ0n) is 9.41. The van der Waals surface area contributed by atoms with Crippen molar-refractivity contribution in [3.63, 3.8) is 0 Å². The topological polar surface area (TPSA) is 20.2 Å². The maximum absolute atomic E-state index is 9.94. The van der Waals surface area contributed by atoms with Gasteiger partial charge in [0.2, 0.25) is 0 Å². The van der Waals surface area contributed by atoms with Crippen LogP contribution in [-0.2, 0) is 0 Å². The summed E-state index contributed by atoms with van der Waals surface area (Å²) in [4.78, 5) is 0. The molecule has 0 fully saturated rings. The molecule has 1 rings (SSSR count). The van der Waals surface area contributed by atoms with Crippen LogP contribution in [0.15, 0.2) is 24.3 Å². The van der Waals surface area contributed by atoms with Crippen LogP contribution in [0.2, 0.25) is 5.02 Å². The zero-order valence-corrected chi connectivity index (χ0v) is 10.2. The highest BCUT2D eigenvalue weighted by molar-refractivity contribution is 6.30. The van der Waals surface area contributed by atoms with Gasteiger partial charge in [-0.1, -0.05) is 44.0 Å². The van der Waals surface area contributed by atoms with Gasteiger partial charge in [-0.15, -0.1) is 0 Å². The summed E-state index contributed by atoms with van der Waals surface area (Å²) in [6, 6.07) is 7.81. The van der Waals surface area contributed by atoms with Crippen molar-refractivity contribution in [1.82, 2.24) is 0 Å². The molecule has 0 radical (unpaired) electrons. The first-order valence-corrected chi connectivity index (χ1v) is 6.00. The average molecular weight is 227 g/mol. The van der Waals surface area contributed by atoms with Gasteiger partial charge in [-0.3, -0.25) is 0 Å². The molecule has 2 unspecified atom stereocenters. The largest absolute Gasteiger partial charge is 0.393 e. The first-order valence-electron chi connectivity index (χ1n) is 5.62. The second-order valence-corrected chi connectivity index (χ2v) is 4.36. The van der Waals surface area contributed by atoms with Crippen molar-refractivity contribution in [3.05, 3.63) is 34.9 Å². The van der Waals surface area contributed by atoms with Gasteiger partial charge in [-0.25, -0.2) is 0 Å². The van der Waals surface area contributed by atoms with Crippen LogP contribution in [0.4, 0.5) is 0 Å². The minimum atomic E-state index is -0.244. The van der Waals surface area contributed by atoms with Crippen LogP contribution in [0.3, 0.4) is 0 Å². The lowest BCUT2D eigenvalue weighted by Crippen LogP contribution is -2.17. The number of halogens is 1. The number of benzene rings is 1. The maximum atomic E-state index is 9.94. The SMILES string of the molecule is CCCC(c1ccc(Cl)cc1)C(O)CC. The maximum Gasteiger partial charge on any atom is 0.0606 e. The van der Waals surface area contributed by atoms with Gasteiger partial charge < -0.3 is 5.11 Å². The van der Waals surface area contributed by atoms with Crippen molar-refractivity contribution in [2.24, 2.45) is 0 Å². The molecule has 0 heterocycles. The van der Waals surface area contributed by atoms with Gasteiger partial charge in [0, 0.05) is 10.9 Å². The van der Waals surface area contributed by atoms with Crippen LogP contribution in [-0.4, -0.2) is 11.2 Å². The monoisotopic (exact) mass is 226 g/mol. The molecule has 1 aromatic rings.